The Morgan fingerprint density at radius 3 is 2.38 bits per heavy atom. The van der Waals surface area contributed by atoms with E-state index in [0.717, 1.165) is 37.2 Å². The highest BCUT2D eigenvalue weighted by atomic mass is 31.2. The average Bonchev–Trinajstić information content (AvgIpc) is 4.03. The van der Waals surface area contributed by atoms with Crippen LogP contribution < -0.4 is 26.6 Å². The van der Waals surface area contributed by atoms with Gasteiger partial charge in [-0.2, -0.15) is 9.97 Å². The summed E-state index contributed by atoms with van der Waals surface area (Å²) in [7, 11) is -1.60. The number of imidazole rings is 1. The molecule has 0 radical (unpaired) electrons. The molecular formula is C44H58N13O6P. The van der Waals surface area contributed by atoms with Crippen LogP contribution in [0.25, 0.3) is 38.9 Å². The van der Waals surface area contributed by atoms with E-state index in [1.165, 1.54) is 6.92 Å². The van der Waals surface area contributed by atoms with E-state index >= 15 is 0 Å². The van der Waals surface area contributed by atoms with Crippen LogP contribution in [0, 0.1) is 12.5 Å². The molecule has 0 bridgehead atoms. The van der Waals surface area contributed by atoms with E-state index in [4.69, 9.17) is 41.8 Å². The van der Waals surface area contributed by atoms with E-state index < -0.39 is 27.0 Å². The van der Waals surface area contributed by atoms with Gasteiger partial charge in [-0.3, -0.25) is 14.2 Å². The van der Waals surface area contributed by atoms with Gasteiger partial charge in [0.2, 0.25) is 36.1 Å². The highest BCUT2D eigenvalue weighted by Crippen LogP contribution is 2.50. The number of rotatable bonds is 17. The van der Waals surface area contributed by atoms with Gasteiger partial charge < -0.3 is 49.6 Å². The molecule has 7 rings (SSSR count). The molecule has 5 heterocycles. The van der Waals surface area contributed by atoms with E-state index in [2.05, 4.69) is 73.2 Å². The van der Waals surface area contributed by atoms with Crippen molar-refractivity contribution in [3.8, 4) is 22.9 Å². The summed E-state index contributed by atoms with van der Waals surface area (Å²) in [6, 6.07) is 13.6. The van der Waals surface area contributed by atoms with Gasteiger partial charge >= 0.3 is 0 Å². The second-order valence-electron chi connectivity index (χ2n) is 16.7. The summed E-state index contributed by atoms with van der Waals surface area (Å²) in [4.78, 5) is 45.6. The Morgan fingerprint density at radius 2 is 1.72 bits per heavy atom. The van der Waals surface area contributed by atoms with Crippen LogP contribution >= 0.6 is 8.53 Å². The largest absolute Gasteiger partial charge is 0.416 e. The van der Waals surface area contributed by atoms with Crippen LogP contribution in [0.3, 0.4) is 0 Å². The first kappa shape index (κ1) is 45.0. The molecule has 340 valence electrons. The number of carbonyl (C=O) groups is 2. The lowest BCUT2D eigenvalue weighted by atomic mass is 10.1. The number of benzene rings is 2. The number of nitrogens with one attached hydrogen (secondary N) is 3. The summed E-state index contributed by atoms with van der Waals surface area (Å²) in [6.07, 6.45) is 2.01. The summed E-state index contributed by atoms with van der Waals surface area (Å²) in [5, 5.41) is 17.7. The first-order chi connectivity index (χ1) is 31.2. The number of carbonyl (C=O) groups excluding carboxylic acids is 2. The van der Waals surface area contributed by atoms with Gasteiger partial charge in [-0.15, -0.1) is 10.2 Å². The smallest absolute Gasteiger partial charge is 0.259 e. The molecule has 20 heteroatoms. The van der Waals surface area contributed by atoms with Gasteiger partial charge in [-0.05, 0) is 89.9 Å². The molecular weight excluding hydrogens is 838 g/mol. The molecule has 2 aliphatic heterocycles. The van der Waals surface area contributed by atoms with Gasteiger partial charge in [0.1, 0.15) is 12.8 Å². The maximum Gasteiger partial charge on any atom is 0.259 e. The SMILES string of the molecule is [2H]C[C@H]1O[C@@H](n2cnc3c(NC(=O)C(C)C)nc(Nc4cc(-c5nnc(-c6ccc(N7CCC(N)CC7)cc6)o5)ccc4NC(C)=O)nc32)C[C@H]1OP(OCC[N+]#[C-])N(C(C)C)C(C)C. The van der Waals surface area contributed by atoms with Crippen LogP contribution in [0.1, 0.15) is 82.2 Å². The Kier molecular flexibility index (Phi) is 14.4. The van der Waals surface area contributed by atoms with Crippen LogP contribution in [0.2, 0.25) is 0 Å². The summed E-state index contributed by atoms with van der Waals surface area (Å²) in [5.41, 5.74) is 10.0. The second-order valence-corrected chi connectivity index (χ2v) is 18.1. The van der Waals surface area contributed by atoms with Crippen LogP contribution in [-0.4, -0.2) is 103 Å². The molecule has 19 nitrogen and oxygen atoms in total. The monoisotopic (exact) mass is 896 g/mol. The predicted molar refractivity (Wildman–Crippen MR) is 246 cm³/mol. The zero-order valence-electron chi connectivity index (χ0n) is 38.3. The van der Waals surface area contributed by atoms with Gasteiger partial charge in [-0.1, -0.05) is 13.8 Å². The maximum absolute atomic E-state index is 13.1. The number of ether oxygens (including phenoxy) is 1. The number of aromatic nitrogens is 6. The maximum atomic E-state index is 13.1. The van der Waals surface area contributed by atoms with Gasteiger partial charge in [0.25, 0.3) is 8.53 Å². The van der Waals surface area contributed by atoms with Crippen molar-refractivity contribution in [1.29, 1.82) is 0 Å². The minimum absolute atomic E-state index is 0.0770. The molecule has 1 unspecified atom stereocenters. The fraction of sp³-hybridized carbons (Fsp3) is 0.500. The first-order valence-electron chi connectivity index (χ1n) is 22.3. The van der Waals surface area contributed by atoms with Crippen molar-refractivity contribution in [2.45, 2.75) is 111 Å². The number of hydrogen-bond donors (Lipinski definition) is 4. The number of nitrogens with two attached hydrogens (primary N) is 1. The third-order valence-corrected chi connectivity index (χ3v) is 13.0. The third kappa shape index (κ3) is 10.8. The number of amides is 2. The molecule has 2 fully saturated rings. The molecule has 0 aliphatic carbocycles. The van der Waals surface area contributed by atoms with Gasteiger partial charge in [0, 0.05) is 68.7 Å². The molecule has 64 heavy (non-hydrogen) atoms. The summed E-state index contributed by atoms with van der Waals surface area (Å²) < 4.78 is 37.8. The number of fused-ring (bicyclic) bond motifs is 1. The lowest BCUT2D eigenvalue weighted by Crippen LogP contribution is -2.39. The Bertz CT molecular complexity index is 2460. The number of piperidine rings is 1. The zero-order valence-corrected chi connectivity index (χ0v) is 38.2. The molecule has 5 aromatic rings. The van der Waals surface area contributed by atoms with E-state index in [1.54, 1.807) is 42.9 Å². The highest BCUT2D eigenvalue weighted by molar-refractivity contribution is 7.44. The van der Waals surface area contributed by atoms with Crippen molar-refractivity contribution in [3.63, 3.8) is 0 Å². The molecule has 4 atom stereocenters. The fourth-order valence-electron chi connectivity index (χ4n) is 7.55. The average molecular weight is 897 g/mol. The van der Waals surface area contributed by atoms with Crippen LogP contribution in [0.4, 0.5) is 28.8 Å². The topological polar surface area (TPSA) is 217 Å². The lowest BCUT2D eigenvalue weighted by Gasteiger charge is -2.36. The zero-order chi connectivity index (χ0) is 46.4. The normalized spacial score (nSPS) is 18.8. The Morgan fingerprint density at radius 1 is 1.02 bits per heavy atom. The van der Waals surface area contributed by atoms with Crippen molar-refractivity contribution < 1.29 is 29.2 Å². The van der Waals surface area contributed by atoms with Crippen molar-refractivity contribution in [2.24, 2.45) is 11.7 Å². The first-order valence-corrected chi connectivity index (χ1v) is 22.7. The fourth-order valence-corrected chi connectivity index (χ4v) is 9.30. The van der Waals surface area contributed by atoms with Crippen LogP contribution in [0.15, 0.2) is 53.2 Å². The van der Waals surface area contributed by atoms with E-state index in [1.807, 2.05) is 24.3 Å². The Labute approximate surface area is 376 Å². The molecule has 2 aromatic carbocycles. The summed E-state index contributed by atoms with van der Waals surface area (Å²) in [5.74, 6) is -0.131. The molecule has 0 saturated carbocycles. The van der Waals surface area contributed by atoms with Gasteiger partial charge in [-0.25, -0.2) is 16.2 Å². The minimum Gasteiger partial charge on any atom is -0.416 e. The summed E-state index contributed by atoms with van der Waals surface area (Å²) >= 11 is 0. The molecule has 5 N–H and O–H groups in total. The number of nitrogens with zero attached hydrogens (tertiary/aromatic N) is 9. The van der Waals surface area contributed by atoms with E-state index in [-0.39, 0.29) is 73.6 Å². The van der Waals surface area contributed by atoms with E-state index in [0.29, 0.717) is 40.4 Å². The molecule has 2 amide bonds. The van der Waals surface area contributed by atoms with Gasteiger partial charge in [0.15, 0.2) is 17.0 Å². The molecule has 3 aromatic heterocycles. The van der Waals surface area contributed by atoms with Crippen molar-refractivity contribution >= 4 is 60.3 Å². The van der Waals surface area contributed by atoms with Crippen LogP contribution in [-0.2, 0) is 23.4 Å². The third-order valence-electron chi connectivity index (χ3n) is 10.8. The summed E-state index contributed by atoms with van der Waals surface area (Å²) in [6.45, 7) is 22.6. The van der Waals surface area contributed by atoms with Gasteiger partial charge in [0.05, 0.1) is 29.9 Å². The Balaban J connectivity index is 1.19. The quantitative estimate of drug-likeness (QED) is 0.0399. The number of anilines is 5. The van der Waals surface area contributed by atoms with Crippen molar-refractivity contribution in [3.05, 3.63) is 60.2 Å². The molecule has 0 spiro atoms. The Hall–Kier alpha value is -5.61. The number of hydrogen-bond acceptors (Lipinski definition) is 15. The lowest BCUT2D eigenvalue weighted by molar-refractivity contribution is -0.119. The van der Waals surface area contributed by atoms with Crippen molar-refractivity contribution in [2.75, 3.05) is 47.1 Å². The second kappa shape index (κ2) is 20.5. The van der Waals surface area contributed by atoms with Crippen LogP contribution in [0.5, 0.6) is 0 Å². The predicted octanol–water partition coefficient (Wildman–Crippen LogP) is 7.74. The molecule has 2 aliphatic rings. The van der Waals surface area contributed by atoms with Crippen molar-refractivity contribution in [1.82, 2.24) is 34.4 Å². The highest BCUT2D eigenvalue weighted by Gasteiger charge is 2.40. The standard InChI is InChI=1S/C44H58N13O6P/c1-25(2)41(59)50-39-38-40(56(24-47-38)37-23-36(28(7)61-37)63-64(60-21-18-46-9)57(26(3)4)27(5)6)52-44(51-39)49-35-22-31(12-15-34(35)48-29(8)58)43-54-53-42(62-43)30-10-13-33(14-11-30)55-19-16-32(45)17-20-55/h10-15,22,24-28,32,36-37H,16-21,23,45H2,1-8H3,(H,48,58)(H2,49,50,51,52,59)/t28-,36-,37-,64?/m1/s1/i7D. The molecule has 2 saturated heterocycles. The van der Waals surface area contributed by atoms with E-state index in [9.17, 15) is 9.59 Å². The minimum atomic E-state index is -1.60.